The minimum absolute atomic E-state index is 0.0683. The molecule has 100 valence electrons. The fourth-order valence-corrected chi connectivity index (χ4v) is 2.45. The Labute approximate surface area is 122 Å². The maximum Gasteiger partial charge on any atom is 0.132 e. The van der Waals surface area contributed by atoms with E-state index in [1.165, 1.54) is 11.6 Å². The van der Waals surface area contributed by atoms with Crippen LogP contribution < -0.4 is 10.1 Å². The third kappa shape index (κ3) is 2.68. The molecule has 0 saturated heterocycles. The molecule has 1 aromatic carbocycles. The van der Waals surface area contributed by atoms with Crippen molar-refractivity contribution in [2.24, 2.45) is 0 Å². The lowest BCUT2D eigenvalue weighted by atomic mass is 10.1. The molecule has 0 fully saturated rings. The standard InChI is InChI=1S/C15H12ClN3O/c16-14-5-10(8-17)6-15(19-14)18-9-12-7-11-3-1-2-4-13(11)20-12/h1-6,12H,7,9H2,(H,18,19). The lowest BCUT2D eigenvalue weighted by Gasteiger charge is -2.12. The van der Waals surface area contributed by atoms with Crippen molar-refractivity contribution in [2.45, 2.75) is 12.5 Å². The van der Waals surface area contributed by atoms with Gasteiger partial charge < -0.3 is 10.1 Å². The van der Waals surface area contributed by atoms with Gasteiger partial charge in [-0.25, -0.2) is 4.98 Å². The summed E-state index contributed by atoms with van der Waals surface area (Å²) in [5.74, 6) is 1.53. The van der Waals surface area contributed by atoms with Crippen LogP contribution in [0.3, 0.4) is 0 Å². The number of aromatic nitrogens is 1. The molecular formula is C15H12ClN3O. The first kappa shape index (κ1) is 12.8. The summed E-state index contributed by atoms with van der Waals surface area (Å²) in [5, 5.41) is 12.4. The monoisotopic (exact) mass is 285 g/mol. The molecule has 1 atom stereocenters. The first-order valence-electron chi connectivity index (χ1n) is 6.31. The smallest absolute Gasteiger partial charge is 0.132 e. The SMILES string of the molecule is N#Cc1cc(Cl)nc(NCC2Cc3ccccc3O2)c1. The summed E-state index contributed by atoms with van der Waals surface area (Å²) in [6.07, 6.45) is 0.938. The molecule has 2 aromatic rings. The van der Waals surface area contributed by atoms with Crippen LogP contribution in [0.25, 0.3) is 0 Å². The second kappa shape index (κ2) is 5.40. The Bertz CT molecular complexity index is 656. The molecule has 0 spiro atoms. The fraction of sp³-hybridized carbons (Fsp3) is 0.200. The Hall–Kier alpha value is -2.25. The third-order valence-corrected chi connectivity index (χ3v) is 3.34. The highest BCUT2D eigenvalue weighted by molar-refractivity contribution is 6.29. The maximum atomic E-state index is 8.90. The quantitative estimate of drug-likeness (QED) is 0.881. The molecule has 5 heteroatoms. The van der Waals surface area contributed by atoms with Gasteiger partial charge in [0.1, 0.15) is 22.8 Å². The van der Waals surface area contributed by atoms with Crippen LogP contribution in [-0.4, -0.2) is 17.6 Å². The van der Waals surface area contributed by atoms with Crippen molar-refractivity contribution in [1.82, 2.24) is 4.98 Å². The highest BCUT2D eigenvalue weighted by Crippen LogP contribution is 2.28. The Morgan fingerprint density at radius 3 is 3.05 bits per heavy atom. The van der Waals surface area contributed by atoms with E-state index in [9.17, 15) is 0 Å². The van der Waals surface area contributed by atoms with Crippen LogP contribution in [0.5, 0.6) is 5.75 Å². The van der Waals surface area contributed by atoms with Crippen LogP contribution in [0, 0.1) is 11.3 Å². The molecule has 4 nitrogen and oxygen atoms in total. The van der Waals surface area contributed by atoms with Crippen molar-refractivity contribution in [2.75, 3.05) is 11.9 Å². The summed E-state index contributed by atoms with van der Waals surface area (Å²) in [6.45, 7) is 0.618. The Kier molecular flexibility index (Phi) is 3.44. The number of nitrogens with one attached hydrogen (secondary N) is 1. The first-order chi connectivity index (χ1) is 9.74. The lowest BCUT2D eigenvalue weighted by molar-refractivity contribution is 0.246. The Balaban J connectivity index is 1.64. The number of rotatable bonds is 3. The van der Waals surface area contributed by atoms with E-state index in [0.717, 1.165) is 12.2 Å². The van der Waals surface area contributed by atoms with Crippen LogP contribution in [0.2, 0.25) is 5.15 Å². The van der Waals surface area contributed by atoms with E-state index in [1.807, 2.05) is 18.2 Å². The summed E-state index contributed by atoms with van der Waals surface area (Å²) in [6, 6.07) is 13.3. The zero-order valence-corrected chi connectivity index (χ0v) is 11.4. The van der Waals surface area contributed by atoms with E-state index < -0.39 is 0 Å². The summed E-state index contributed by atoms with van der Waals surface area (Å²) in [4.78, 5) is 4.14. The van der Waals surface area contributed by atoms with Gasteiger partial charge in [0.15, 0.2) is 0 Å². The van der Waals surface area contributed by atoms with Crippen LogP contribution in [0.15, 0.2) is 36.4 Å². The van der Waals surface area contributed by atoms with E-state index in [0.29, 0.717) is 23.1 Å². The highest BCUT2D eigenvalue weighted by Gasteiger charge is 2.22. The molecule has 1 aliphatic heterocycles. The van der Waals surface area contributed by atoms with Gasteiger partial charge >= 0.3 is 0 Å². The molecule has 0 amide bonds. The van der Waals surface area contributed by atoms with Gasteiger partial charge in [-0.3, -0.25) is 0 Å². The summed E-state index contributed by atoms with van der Waals surface area (Å²) in [5.41, 5.74) is 1.71. The van der Waals surface area contributed by atoms with Crippen LogP contribution in [0.1, 0.15) is 11.1 Å². The number of nitrogens with zero attached hydrogens (tertiary/aromatic N) is 2. The van der Waals surface area contributed by atoms with E-state index in [-0.39, 0.29) is 6.10 Å². The molecule has 1 aliphatic rings. The van der Waals surface area contributed by atoms with Crippen molar-refractivity contribution in [3.63, 3.8) is 0 Å². The fourth-order valence-electron chi connectivity index (χ4n) is 2.24. The van der Waals surface area contributed by atoms with Crippen molar-refractivity contribution in [3.05, 3.63) is 52.7 Å². The number of halogens is 1. The molecule has 1 unspecified atom stereocenters. The Morgan fingerprint density at radius 2 is 2.25 bits per heavy atom. The predicted octanol–water partition coefficient (Wildman–Crippen LogP) is 3.02. The minimum Gasteiger partial charge on any atom is -0.488 e. The van der Waals surface area contributed by atoms with Gasteiger partial charge in [0.05, 0.1) is 18.2 Å². The normalized spacial score (nSPS) is 16.1. The van der Waals surface area contributed by atoms with Gasteiger partial charge in [-0.15, -0.1) is 0 Å². The van der Waals surface area contributed by atoms with Gasteiger partial charge in [-0.1, -0.05) is 29.8 Å². The van der Waals surface area contributed by atoms with E-state index in [2.05, 4.69) is 22.4 Å². The number of hydrogen-bond donors (Lipinski definition) is 1. The molecule has 3 rings (SSSR count). The lowest BCUT2D eigenvalue weighted by Crippen LogP contribution is -2.24. The largest absolute Gasteiger partial charge is 0.488 e. The molecule has 0 saturated carbocycles. The van der Waals surface area contributed by atoms with Gasteiger partial charge in [0.2, 0.25) is 0 Å². The van der Waals surface area contributed by atoms with E-state index in [1.54, 1.807) is 6.07 Å². The van der Waals surface area contributed by atoms with Crippen molar-refractivity contribution >= 4 is 17.4 Å². The average molecular weight is 286 g/mol. The summed E-state index contributed by atoms with van der Waals surface area (Å²) >= 11 is 5.86. The van der Waals surface area contributed by atoms with Gasteiger partial charge in [-0.2, -0.15) is 5.26 Å². The average Bonchev–Trinajstić information content (AvgIpc) is 2.87. The van der Waals surface area contributed by atoms with Crippen LogP contribution in [0.4, 0.5) is 5.82 Å². The molecule has 1 aromatic heterocycles. The Morgan fingerprint density at radius 1 is 1.40 bits per heavy atom. The molecule has 0 aliphatic carbocycles. The second-order valence-electron chi connectivity index (χ2n) is 4.61. The zero-order valence-electron chi connectivity index (χ0n) is 10.6. The molecule has 0 bridgehead atoms. The number of fused-ring (bicyclic) bond motifs is 1. The topological polar surface area (TPSA) is 57.9 Å². The van der Waals surface area contributed by atoms with Crippen molar-refractivity contribution < 1.29 is 4.74 Å². The van der Waals surface area contributed by atoms with Gasteiger partial charge in [-0.05, 0) is 23.8 Å². The second-order valence-corrected chi connectivity index (χ2v) is 5.00. The first-order valence-corrected chi connectivity index (χ1v) is 6.68. The van der Waals surface area contributed by atoms with E-state index in [4.69, 9.17) is 21.6 Å². The van der Waals surface area contributed by atoms with Crippen molar-refractivity contribution in [1.29, 1.82) is 5.26 Å². The molecule has 2 heterocycles. The summed E-state index contributed by atoms with van der Waals surface area (Å²) in [7, 11) is 0. The minimum atomic E-state index is 0.0683. The third-order valence-electron chi connectivity index (χ3n) is 3.15. The highest BCUT2D eigenvalue weighted by atomic mass is 35.5. The molecular weight excluding hydrogens is 274 g/mol. The number of nitriles is 1. The zero-order chi connectivity index (χ0) is 13.9. The number of pyridine rings is 1. The molecule has 0 radical (unpaired) electrons. The predicted molar refractivity (Wildman–Crippen MR) is 77.0 cm³/mol. The maximum absolute atomic E-state index is 8.90. The van der Waals surface area contributed by atoms with Crippen LogP contribution >= 0.6 is 11.6 Å². The van der Waals surface area contributed by atoms with Gasteiger partial charge in [0.25, 0.3) is 0 Å². The van der Waals surface area contributed by atoms with Gasteiger partial charge in [0, 0.05) is 6.42 Å². The number of ether oxygens (including phenoxy) is 1. The summed E-state index contributed by atoms with van der Waals surface area (Å²) < 4.78 is 5.83. The number of hydrogen-bond acceptors (Lipinski definition) is 4. The number of para-hydroxylation sites is 1. The molecule has 20 heavy (non-hydrogen) atoms. The number of benzene rings is 1. The number of anilines is 1. The van der Waals surface area contributed by atoms with E-state index >= 15 is 0 Å². The van der Waals surface area contributed by atoms with Crippen LogP contribution in [-0.2, 0) is 6.42 Å². The molecule has 1 N–H and O–H groups in total. The van der Waals surface area contributed by atoms with Crippen molar-refractivity contribution in [3.8, 4) is 11.8 Å².